The minimum atomic E-state index is -1.29. The van der Waals surface area contributed by atoms with Crippen molar-refractivity contribution < 1.29 is 28.8 Å². The van der Waals surface area contributed by atoms with Crippen LogP contribution in [0.5, 0.6) is 11.5 Å². The van der Waals surface area contributed by atoms with E-state index in [-0.39, 0.29) is 18.2 Å². The zero-order valence-electron chi connectivity index (χ0n) is 25.9. The Labute approximate surface area is 255 Å². The lowest BCUT2D eigenvalue weighted by atomic mass is 9.77. The van der Waals surface area contributed by atoms with Crippen LogP contribution in [-0.4, -0.2) is 57.6 Å². The first-order chi connectivity index (χ1) is 21.1. The Morgan fingerprint density at radius 2 is 1.61 bits per heavy atom. The number of nitrogens with zero attached hydrogens (tertiary/aromatic N) is 2. The van der Waals surface area contributed by atoms with Crippen LogP contribution in [0.25, 0.3) is 43.6 Å². The van der Waals surface area contributed by atoms with E-state index in [9.17, 15) is 14.6 Å². The van der Waals surface area contributed by atoms with Gasteiger partial charge in [0.1, 0.15) is 19.4 Å². The first-order valence-corrected chi connectivity index (χ1v) is 15.7. The van der Waals surface area contributed by atoms with Gasteiger partial charge in [-0.2, -0.15) is 0 Å². The van der Waals surface area contributed by atoms with Crippen LogP contribution >= 0.6 is 0 Å². The molecule has 2 aromatic heterocycles. The van der Waals surface area contributed by atoms with Gasteiger partial charge < -0.3 is 28.8 Å². The van der Waals surface area contributed by atoms with E-state index >= 15 is 0 Å². The van der Waals surface area contributed by atoms with Crippen molar-refractivity contribution in [2.45, 2.75) is 60.2 Å². The lowest BCUT2D eigenvalue weighted by molar-refractivity contribution is -0.164. The molecule has 8 rings (SSSR count). The fourth-order valence-electron chi connectivity index (χ4n) is 7.98. The fourth-order valence-corrected chi connectivity index (χ4v) is 7.98. The predicted molar refractivity (Wildman–Crippen MR) is 171 cm³/mol. The quantitative estimate of drug-likeness (QED) is 0.185. The van der Waals surface area contributed by atoms with Gasteiger partial charge in [0, 0.05) is 33.5 Å². The largest absolute Gasteiger partial charge is 0.486 e. The number of fused-ring (bicyclic) bond motifs is 11. The van der Waals surface area contributed by atoms with Gasteiger partial charge >= 0.3 is 7.05 Å². The van der Waals surface area contributed by atoms with Crippen LogP contribution in [0, 0.1) is 24.7 Å². The second kappa shape index (κ2) is 9.49. The number of rotatable bonds is 3. The number of hydrogen-bond donors (Lipinski definition) is 2. The minimum Gasteiger partial charge on any atom is -0.486 e. The van der Waals surface area contributed by atoms with Gasteiger partial charge in [-0.05, 0) is 50.2 Å². The summed E-state index contributed by atoms with van der Waals surface area (Å²) in [6.07, 6.45) is 0.664. The molecule has 2 N–H and O–H groups in total. The number of imide groups is 1. The summed E-state index contributed by atoms with van der Waals surface area (Å²) >= 11 is 0. The Bertz CT molecular complexity index is 2060. The van der Waals surface area contributed by atoms with Crippen LogP contribution in [0.3, 0.4) is 0 Å². The number of hydrogen-bond acceptors (Lipinski definition) is 6. The Morgan fingerprint density at radius 3 is 2.30 bits per heavy atom. The topological polar surface area (TPSA) is 106 Å². The molecule has 226 valence electrons. The summed E-state index contributed by atoms with van der Waals surface area (Å²) in [4.78, 5) is 32.9. The highest BCUT2D eigenvalue weighted by Gasteiger charge is 2.46. The third kappa shape index (κ3) is 3.49. The molecule has 5 atom stereocenters. The molecular weight excluding hydrogens is 557 g/mol. The number of aryl methyl sites for hydroxylation is 1. The average Bonchev–Trinajstić information content (AvgIpc) is 3.61. The molecule has 3 aromatic carbocycles. The summed E-state index contributed by atoms with van der Waals surface area (Å²) in [6.45, 7) is 13.3. The molecule has 0 aliphatic carbocycles. The third-order valence-electron chi connectivity index (χ3n) is 10.5. The number of benzene rings is 3. The highest BCUT2D eigenvalue weighted by atomic mass is 16.6. The molecule has 3 aliphatic rings. The van der Waals surface area contributed by atoms with Crippen molar-refractivity contribution in [3.8, 4) is 11.5 Å². The van der Waals surface area contributed by atoms with Crippen molar-refractivity contribution in [3.05, 3.63) is 47.0 Å². The molecule has 5 unspecified atom stereocenters. The molecule has 10 heteroatoms. The molecule has 1 saturated heterocycles. The highest BCUT2D eigenvalue weighted by molar-refractivity contribution is 6.59. The minimum absolute atomic E-state index is 0.0757. The zero-order valence-corrected chi connectivity index (χ0v) is 25.9. The summed E-state index contributed by atoms with van der Waals surface area (Å²) in [6, 6.07) is 10.1. The van der Waals surface area contributed by atoms with Crippen molar-refractivity contribution in [2.24, 2.45) is 17.8 Å². The molecule has 44 heavy (non-hydrogen) atoms. The van der Waals surface area contributed by atoms with Crippen LogP contribution in [0.4, 0.5) is 0 Å². The van der Waals surface area contributed by atoms with E-state index in [0.29, 0.717) is 58.4 Å². The van der Waals surface area contributed by atoms with Gasteiger partial charge in [-0.15, -0.1) is 0 Å². The van der Waals surface area contributed by atoms with E-state index in [0.717, 1.165) is 49.6 Å². The van der Waals surface area contributed by atoms with Crippen LogP contribution in [0.2, 0.25) is 6.82 Å². The van der Waals surface area contributed by atoms with Crippen LogP contribution in [-0.2, 0) is 4.74 Å². The maximum Gasteiger partial charge on any atom is 0.419 e. The van der Waals surface area contributed by atoms with E-state index in [2.05, 4.69) is 55.4 Å². The molecule has 3 aliphatic heterocycles. The molecule has 5 aromatic rings. The molecule has 9 nitrogen and oxygen atoms in total. The van der Waals surface area contributed by atoms with Gasteiger partial charge in [0.2, 0.25) is 0 Å². The van der Waals surface area contributed by atoms with Gasteiger partial charge in [-0.25, -0.2) is 0 Å². The average molecular weight is 593 g/mol. The Kier molecular flexibility index (Phi) is 5.94. The Balaban J connectivity index is 1.58. The maximum absolute atomic E-state index is 14.2. The summed E-state index contributed by atoms with van der Waals surface area (Å²) < 4.78 is 21.1. The number of carbonyl (C=O) groups is 2. The van der Waals surface area contributed by atoms with Gasteiger partial charge in [-0.3, -0.25) is 14.4 Å². The zero-order chi connectivity index (χ0) is 30.8. The van der Waals surface area contributed by atoms with Crippen molar-refractivity contribution in [1.82, 2.24) is 14.4 Å². The molecular formula is C34H36BN3O6. The van der Waals surface area contributed by atoms with Crippen molar-refractivity contribution in [2.75, 3.05) is 13.2 Å². The third-order valence-corrected chi connectivity index (χ3v) is 10.5. The summed E-state index contributed by atoms with van der Waals surface area (Å²) in [5.74, 6) is 1.17. The van der Waals surface area contributed by atoms with E-state index < -0.39 is 18.9 Å². The fraction of sp³-hybridized carbons (Fsp3) is 0.412. The SMILES string of the molecule is CCC1OC(n2c3ccc(C)cc3c3c4c(c5c6cc7c(cc6[nH]c5c32)OCCO7)C(=O)N(B(C)O)C4=O)C(C)C(C)C1C. The monoisotopic (exact) mass is 593 g/mol. The molecule has 5 heterocycles. The van der Waals surface area contributed by atoms with Gasteiger partial charge in [-0.1, -0.05) is 39.3 Å². The van der Waals surface area contributed by atoms with Crippen LogP contribution in [0.15, 0.2) is 30.3 Å². The maximum atomic E-state index is 14.2. The number of aromatic amines is 1. The van der Waals surface area contributed by atoms with Gasteiger partial charge in [0.15, 0.2) is 11.5 Å². The Morgan fingerprint density at radius 1 is 0.932 bits per heavy atom. The highest BCUT2D eigenvalue weighted by Crippen LogP contribution is 2.50. The normalized spacial score (nSPS) is 25.2. The molecule has 0 saturated carbocycles. The van der Waals surface area contributed by atoms with E-state index in [1.54, 1.807) is 0 Å². The second-order valence-corrected chi connectivity index (χ2v) is 12.9. The first-order valence-electron chi connectivity index (χ1n) is 15.7. The molecule has 0 spiro atoms. The molecule has 0 radical (unpaired) electrons. The first kappa shape index (κ1) is 27.5. The van der Waals surface area contributed by atoms with Gasteiger partial charge in [0.05, 0.1) is 39.3 Å². The van der Waals surface area contributed by atoms with Crippen molar-refractivity contribution in [3.63, 3.8) is 0 Å². The van der Waals surface area contributed by atoms with E-state index in [4.69, 9.17) is 14.2 Å². The van der Waals surface area contributed by atoms with Gasteiger partial charge in [0.25, 0.3) is 11.8 Å². The number of aromatic nitrogens is 2. The number of nitrogens with one attached hydrogen (secondary N) is 1. The van der Waals surface area contributed by atoms with Crippen LogP contribution < -0.4 is 9.47 Å². The summed E-state index contributed by atoms with van der Waals surface area (Å²) in [5.41, 5.74) is 4.93. The summed E-state index contributed by atoms with van der Waals surface area (Å²) in [7, 11) is -1.29. The van der Waals surface area contributed by atoms with E-state index in [1.807, 2.05) is 19.1 Å². The predicted octanol–water partition coefficient (Wildman–Crippen LogP) is 6.43. The molecule has 2 amide bonds. The standard InChI is InChI=1S/C34H36BN3O6/c1-7-23-17(4)16(3)18(5)34(44-23)37-22-9-8-15(2)12-20(22)27-29-28(32(39)38(33(29)40)35(6)41)26-19-13-24-25(43-11-10-42-24)14-21(19)36-30(26)31(27)37/h8-9,12-14,16-18,23,34,36,41H,7,10-11H2,1-6H3. The second-order valence-electron chi connectivity index (χ2n) is 12.9. The number of amides is 2. The number of carbonyl (C=O) groups excluding carboxylic acids is 2. The number of H-pyrrole nitrogens is 1. The lowest BCUT2D eigenvalue weighted by Crippen LogP contribution is -2.42. The van der Waals surface area contributed by atoms with Crippen molar-refractivity contribution in [1.29, 1.82) is 0 Å². The summed E-state index contributed by atoms with van der Waals surface area (Å²) in [5, 5.41) is 13.6. The smallest absolute Gasteiger partial charge is 0.419 e. The lowest BCUT2D eigenvalue weighted by Gasteiger charge is -2.44. The Hall–Kier alpha value is -4.02. The van der Waals surface area contributed by atoms with Crippen LogP contribution in [0.1, 0.15) is 66.6 Å². The van der Waals surface area contributed by atoms with Crippen molar-refractivity contribution >= 4 is 62.5 Å². The van der Waals surface area contributed by atoms with E-state index in [1.165, 1.54) is 6.82 Å². The number of ether oxygens (including phenoxy) is 3. The molecule has 1 fully saturated rings. The molecule has 0 bridgehead atoms.